The third-order valence-corrected chi connectivity index (χ3v) is 4.26. The predicted molar refractivity (Wildman–Crippen MR) is 76.2 cm³/mol. The number of hydrogen-bond acceptors (Lipinski definition) is 2. The van der Waals surface area contributed by atoms with E-state index in [0.29, 0.717) is 12.6 Å². The molecule has 0 bridgehead atoms. The molecule has 1 unspecified atom stereocenters. The van der Waals surface area contributed by atoms with Gasteiger partial charge in [-0.2, -0.15) is 0 Å². The molecular formula is C13H16BrClN2. The predicted octanol–water partition coefficient (Wildman–Crippen LogP) is 3.41. The van der Waals surface area contributed by atoms with Crippen molar-refractivity contribution < 1.29 is 0 Å². The lowest BCUT2D eigenvalue weighted by atomic mass is 10.1. The fourth-order valence-electron chi connectivity index (χ4n) is 2.07. The van der Waals surface area contributed by atoms with Gasteiger partial charge in [0.05, 0.1) is 5.02 Å². The van der Waals surface area contributed by atoms with Crippen LogP contribution in [0.25, 0.3) is 0 Å². The number of halogens is 2. The summed E-state index contributed by atoms with van der Waals surface area (Å²) < 4.78 is 0.918. The van der Waals surface area contributed by atoms with Gasteiger partial charge < -0.3 is 11.1 Å². The Morgan fingerprint density at radius 2 is 2.12 bits per heavy atom. The molecule has 0 amide bonds. The lowest BCUT2D eigenvalue weighted by Crippen LogP contribution is -2.35. The fraction of sp³-hybridized carbons (Fsp3) is 0.385. The van der Waals surface area contributed by atoms with Crippen LogP contribution in [0.5, 0.6) is 0 Å². The molecule has 0 radical (unpaired) electrons. The Kier molecular flexibility index (Phi) is 4.62. The monoisotopic (exact) mass is 314 g/mol. The highest BCUT2D eigenvalue weighted by atomic mass is 79.9. The molecule has 0 spiro atoms. The number of hydrogen-bond donors (Lipinski definition) is 2. The summed E-state index contributed by atoms with van der Waals surface area (Å²) in [5.41, 5.74) is 6.98. The maximum Gasteiger partial charge on any atom is 0.0551 e. The van der Waals surface area contributed by atoms with Crippen LogP contribution in [0.2, 0.25) is 5.02 Å². The number of nitrogens with one attached hydrogen (secondary N) is 1. The molecule has 0 fully saturated rings. The van der Waals surface area contributed by atoms with Gasteiger partial charge in [-0.3, -0.25) is 0 Å². The van der Waals surface area contributed by atoms with Crippen molar-refractivity contribution >= 4 is 27.5 Å². The van der Waals surface area contributed by atoms with Crippen LogP contribution < -0.4 is 11.1 Å². The molecule has 3 N–H and O–H groups in total. The van der Waals surface area contributed by atoms with E-state index >= 15 is 0 Å². The molecule has 1 aliphatic rings. The van der Waals surface area contributed by atoms with Crippen LogP contribution in [0, 0.1) is 0 Å². The smallest absolute Gasteiger partial charge is 0.0551 e. The van der Waals surface area contributed by atoms with Crippen molar-refractivity contribution in [3.63, 3.8) is 0 Å². The van der Waals surface area contributed by atoms with Crippen LogP contribution in [-0.4, -0.2) is 12.6 Å². The van der Waals surface area contributed by atoms with Crippen LogP contribution in [0.1, 0.15) is 24.4 Å². The highest BCUT2D eigenvalue weighted by Crippen LogP contribution is 2.26. The molecule has 1 aromatic carbocycles. The van der Waals surface area contributed by atoms with Gasteiger partial charge in [0.2, 0.25) is 0 Å². The molecule has 0 aromatic heterocycles. The Morgan fingerprint density at radius 1 is 1.41 bits per heavy atom. The minimum atomic E-state index is 0.172. The second kappa shape index (κ2) is 6.01. The first-order valence-electron chi connectivity index (χ1n) is 5.76. The Bertz CT molecular complexity index is 412. The van der Waals surface area contributed by atoms with Gasteiger partial charge in [-0.05, 0) is 46.5 Å². The first-order chi connectivity index (χ1) is 8.20. The Hall–Kier alpha value is -0.350. The molecule has 1 aromatic rings. The molecule has 0 saturated heterocycles. The summed E-state index contributed by atoms with van der Waals surface area (Å²) in [6, 6.07) is 6.67. The highest BCUT2D eigenvalue weighted by molar-refractivity contribution is 9.10. The standard InChI is InChI=1S/C13H16BrClN2/c14-11-6-5-9(7-12(11)15)13(8-16)17-10-3-1-2-4-10/h1-2,5-7,10,13,17H,3-4,8,16H2. The van der Waals surface area contributed by atoms with Crippen LogP contribution in [0.15, 0.2) is 34.8 Å². The van der Waals surface area contributed by atoms with Gasteiger partial charge in [-0.1, -0.05) is 29.8 Å². The average molecular weight is 316 g/mol. The minimum Gasteiger partial charge on any atom is -0.329 e. The Morgan fingerprint density at radius 3 is 2.71 bits per heavy atom. The molecule has 2 nitrogen and oxygen atoms in total. The van der Waals surface area contributed by atoms with Crippen molar-refractivity contribution in [2.24, 2.45) is 5.73 Å². The molecule has 92 valence electrons. The topological polar surface area (TPSA) is 38.0 Å². The second-order valence-electron chi connectivity index (χ2n) is 4.27. The molecule has 1 atom stereocenters. The van der Waals surface area contributed by atoms with E-state index in [9.17, 15) is 0 Å². The van der Waals surface area contributed by atoms with Gasteiger partial charge in [0.15, 0.2) is 0 Å². The lowest BCUT2D eigenvalue weighted by Gasteiger charge is -2.22. The van der Waals surface area contributed by atoms with Gasteiger partial charge in [0.1, 0.15) is 0 Å². The van der Waals surface area contributed by atoms with E-state index in [-0.39, 0.29) is 6.04 Å². The zero-order valence-electron chi connectivity index (χ0n) is 9.50. The van der Waals surface area contributed by atoms with Gasteiger partial charge in [0.25, 0.3) is 0 Å². The van der Waals surface area contributed by atoms with Crippen LogP contribution in [0.3, 0.4) is 0 Å². The van der Waals surface area contributed by atoms with Crippen molar-refractivity contribution in [1.82, 2.24) is 5.32 Å². The number of nitrogens with two attached hydrogens (primary N) is 1. The normalized spacial score (nSPS) is 17.6. The molecule has 1 aliphatic carbocycles. The third kappa shape index (κ3) is 3.32. The van der Waals surface area contributed by atoms with Crippen molar-refractivity contribution in [2.75, 3.05) is 6.54 Å². The maximum absolute atomic E-state index is 6.10. The molecule has 0 saturated carbocycles. The molecule has 0 heterocycles. The molecule has 2 rings (SSSR count). The van der Waals surface area contributed by atoms with Gasteiger partial charge in [-0.15, -0.1) is 0 Å². The van der Waals surface area contributed by atoms with Gasteiger partial charge in [0, 0.05) is 23.1 Å². The van der Waals surface area contributed by atoms with Crippen molar-refractivity contribution in [3.8, 4) is 0 Å². The molecule has 0 aliphatic heterocycles. The minimum absolute atomic E-state index is 0.172. The first-order valence-corrected chi connectivity index (χ1v) is 6.94. The summed E-state index contributed by atoms with van der Waals surface area (Å²) in [5.74, 6) is 0. The third-order valence-electron chi connectivity index (χ3n) is 3.03. The summed E-state index contributed by atoms with van der Waals surface area (Å²) in [4.78, 5) is 0. The van der Waals surface area contributed by atoms with E-state index in [1.165, 1.54) is 0 Å². The maximum atomic E-state index is 6.10. The zero-order valence-corrected chi connectivity index (χ0v) is 11.8. The van der Waals surface area contributed by atoms with Gasteiger partial charge in [-0.25, -0.2) is 0 Å². The molecule has 4 heteroatoms. The van der Waals surface area contributed by atoms with E-state index in [1.54, 1.807) is 0 Å². The Balaban J connectivity index is 2.08. The quantitative estimate of drug-likeness (QED) is 0.836. The lowest BCUT2D eigenvalue weighted by molar-refractivity contribution is 0.453. The number of rotatable bonds is 4. The van der Waals surface area contributed by atoms with Crippen LogP contribution >= 0.6 is 27.5 Å². The van der Waals surface area contributed by atoms with Crippen LogP contribution in [-0.2, 0) is 0 Å². The first kappa shape index (κ1) is 13.1. The summed E-state index contributed by atoms with van der Waals surface area (Å²) in [6.07, 6.45) is 6.58. The summed E-state index contributed by atoms with van der Waals surface area (Å²) in [7, 11) is 0. The largest absolute Gasteiger partial charge is 0.329 e. The van der Waals surface area contributed by atoms with E-state index in [4.69, 9.17) is 17.3 Å². The second-order valence-corrected chi connectivity index (χ2v) is 5.53. The summed E-state index contributed by atoms with van der Waals surface area (Å²) >= 11 is 9.50. The van der Waals surface area contributed by atoms with Crippen molar-refractivity contribution in [1.29, 1.82) is 0 Å². The highest BCUT2D eigenvalue weighted by Gasteiger charge is 2.17. The average Bonchev–Trinajstić information content (AvgIpc) is 2.82. The van der Waals surface area contributed by atoms with E-state index in [2.05, 4.69) is 39.5 Å². The summed E-state index contributed by atoms with van der Waals surface area (Å²) in [5, 5.41) is 4.30. The van der Waals surface area contributed by atoms with E-state index in [0.717, 1.165) is 27.9 Å². The van der Waals surface area contributed by atoms with Crippen LogP contribution in [0.4, 0.5) is 0 Å². The van der Waals surface area contributed by atoms with Crippen molar-refractivity contribution in [3.05, 3.63) is 45.4 Å². The molecular weight excluding hydrogens is 300 g/mol. The van der Waals surface area contributed by atoms with Gasteiger partial charge >= 0.3 is 0 Å². The number of benzene rings is 1. The van der Waals surface area contributed by atoms with E-state index < -0.39 is 0 Å². The van der Waals surface area contributed by atoms with Crippen molar-refractivity contribution in [2.45, 2.75) is 24.9 Å². The van der Waals surface area contributed by atoms with E-state index in [1.807, 2.05) is 12.1 Å². The molecule has 17 heavy (non-hydrogen) atoms. The zero-order chi connectivity index (χ0) is 12.3. The SMILES string of the molecule is NCC(NC1CC=CC1)c1ccc(Br)c(Cl)c1. The summed E-state index contributed by atoms with van der Waals surface area (Å²) in [6.45, 7) is 0.578. The Labute approximate surface area is 115 Å². The fourth-order valence-corrected chi connectivity index (χ4v) is 2.50.